The molecule has 2 unspecified atom stereocenters. The zero-order chi connectivity index (χ0) is 55.5. The fraction of sp³-hybridized carbons (Fsp3) is 0.781. The van der Waals surface area contributed by atoms with Gasteiger partial charge in [0.1, 0.15) is 17.6 Å². The van der Waals surface area contributed by atoms with Gasteiger partial charge in [-0.25, -0.2) is 0 Å². The predicted molar refractivity (Wildman–Crippen MR) is 318 cm³/mol. The third-order valence-electron chi connectivity index (χ3n) is 14.8. The Hall–Kier alpha value is -3.70. The molecule has 0 aliphatic rings. The second-order valence-corrected chi connectivity index (χ2v) is 20.9. The maximum Gasteiger partial charge on any atom is 0.244 e. The van der Waals surface area contributed by atoms with Gasteiger partial charge in [0.05, 0.1) is 38.1 Å². The van der Waals surface area contributed by atoms with E-state index in [2.05, 4.69) is 93.4 Å². The van der Waals surface area contributed by atoms with Crippen LogP contribution in [0, 0.1) is 0 Å². The summed E-state index contributed by atoms with van der Waals surface area (Å²) in [5.74, 6) is 0.384. The van der Waals surface area contributed by atoms with E-state index in [9.17, 15) is 14.4 Å². The average molecular weight is 1050 g/mol. The quantitative estimate of drug-likeness (QED) is 0.0181. The number of carbonyl (C=O) groups is 3. The minimum atomic E-state index is -0.887. The van der Waals surface area contributed by atoms with E-state index in [-0.39, 0.29) is 42.0 Å². The molecule has 0 aromatic heterocycles. The van der Waals surface area contributed by atoms with E-state index in [1.807, 2.05) is 13.0 Å². The maximum absolute atomic E-state index is 13.5. The Kier molecular flexibility index (Phi) is 47.4. The van der Waals surface area contributed by atoms with Crippen LogP contribution < -0.4 is 16.0 Å². The van der Waals surface area contributed by atoms with Crippen LogP contribution >= 0.6 is 0 Å². The molecule has 75 heavy (non-hydrogen) atoms. The number of allylic oxidation sites excluding steroid dienone is 7. The first kappa shape index (κ1) is 71.3. The number of rotatable bonds is 53. The first-order valence-corrected chi connectivity index (χ1v) is 30.5. The minimum Gasteiger partial charge on any atom is -0.496 e. The van der Waals surface area contributed by atoms with Crippen LogP contribution in [0.1, 0.15) is 260 Å². The highest BCUT2D eigenvalue weighted by Crippen LogP contribution is 2.28. The van der Waals surface area contributed by atoms with E-state index in [0.717, 1.165) is 102 Å². The highest BCUT2D eigenvalue weighted by Gasteiger charge is 2.29. The van der Waals surface area contributed by atoms with Crippen molar-refractivity contribution in [2.45, 2.75) is 278 Å². The summed E-state index contributed by atoms with van der Waals surface area (Å²) in [5.41, 5.74) is 0.247. The molecule has 2 atom stereocenters. The molecule has 0 bridgehead atoms. The van der Waals surface area contributed by atoms with Crippen LogP contribution in [0.2, 0.25) is 0 Å². The van der Waals surface area contributed by atoms with Crippen LogP contribution in [0.4, 0.5) is 0 Å². The Balaban J connectivity index is 5.16. The van der Waals surface area contributed by atoms with Gasteiger partial charge in [0.15, 0.2) is 0 Å². The number of hydrogen-bond acceptors (Lipinski definition) is 8. The van der Waals surface area contributed by atoms with Crippen LogP contribution in [0.5, 0.6) is 0 Å². The zero-order valence-corrected chi connectivity index (χ0v) is 50.0. The molecule has 0 saturated heterocycles. The summed E-state index contributed by atoms with van der Waals surface area (Å²) in [4.78, 5) is 44.2. The predicted octanol–water partition coefficient (Wildman–Crippen LogP) is 16.0. The van der Waals surface area contributed by atoms with E-state index in [1.54, 1.807) is 26.5 Å². The van der Waals surface area contributed by atoms with Gasteiger partial charge in [-0.1, -0.05) is 174 Å². The van der Waals surface area contributed by atoms with E-state index in [0.29, 0.717) is 44.1 Å². The van der Waals surface area contributed by atoms with Gasteiger partial charge < -0.3 is 34.9 Å². The summed E-state index contributed by atoms with van der Waals surface area (Å²) in [6.45, 7) is 20.7. The molecule has 0 heterocycles. The van der Waals surface area contributed by atoms with Crippen molar-refractivity contribution >= 4 is 23.9 Å². The summed E-state index contributed by atoms with van der Waals surface area (Å²) < 4.78 is 24.0. The minimum absolute atomic E-state index is 0.0333. The molecule has 0 rings (SSSR count). The molecule has 0 spiro atoms. The maximum atomic E-state index is 13.5. The van der Waals surface area contributed by atoms with Crippen LogP contribution in [-0.2, 0) is 33.3 Å². The van der Waals surface area contributed by atoms with E-state index >= 15 is 0 Å². The number of methoxy groups -OCH3 is 2. The molecule has 3 amide bonds. The highest BCUT2D eigenvalue weighted by molar-refractivity contribution is 5.88. The lowest BCUT2D eigenvalue weighted by Crippen LogP contribution is -2.53. The molecule has 11 heteroatoms. The van der Waals surface area contributed by atoms with Gasteiger partial charge in [-0.15, -0.1) is 0 Å². The largest absolute Gasteiger partial charge is 0.496 e. The van der Waals surface area contributed by atoms with Crippen LogP contribution in [0.25, 0.3) is 0 Å². The lowest BCUT2D eigenvalue weighted by molar-refractivity contribution is -0.129. The molecule has 0 aliphatic carbocycles. The fourth-order valence-corrected chi connectivity index (χ4v) is 8.91. The lowest BCUT2D eigenvalue weighted by Gasteiger charge is -2.34. The Bertz CT molecular complexity index is 1580. The standard InChI is InChI=1S/C64H116N4O7/c1-11-17-19-21-23-25-27-29-31-33-35-37-39-41-43-45-60(69)67-55-58(68-61(70)46-44-42-40-38-36-34-32-30-28-26-24-22-20-18-12-2)62(71)66-50-49-65-54-57(13-3)59(72-9)53-56(7)74-51-48-64(15-5,16-6)75-52-47-63(8,14-4)73-10/h13,29-32,53-54,58H,7,11-12,14-28,33-52,55H2,1-6,8-10H3,(H,66,71)(H,67,69)(H,68,70). The van der Waals surface area contributed by atoms with Crippen molar-refractivity contribution in [2.75, 3.05) is 47.1 Å². The third-order valence-corrected chi connectivity index (χ3v) is 14.8. The van der Waals surface area contributed by atoms with Gasteiger partial charge in [-0.3, -0.25) is 19.4 Å². The monoisotopic (exact) mass is 1050 g/mol. The van der Waals surface area contributed by atoms with Gasteiger partial charge in [-0.2, -0.15) is 0 Å². The number of unbranched alkanes of at least 4 members (excludes halogenated alkanes) is 22. The van der Waals surface area contributed by atoms with Crippen molar-refractivity contribution in [1.29, 1.82) is 0 Å². The molecule has 3 N–H and O–H groups in total. The van der Waals surface area contributed by atoms with E-state index in [1.165, 1.54) is 103 Å². The second-order valence-electron chi connectivity index (χ2n) is 20.9. The Labute approximate surface area is 461 Å². The topological polar surface area (TPSA) is 137 Å². The summed E-state index contributed by atoms with van der Waals surface area (Å²) in [7, 11) is 3.35. The fourth-order valence-electron chi connectivity index (χ4n) is 8.91. The van der Waals surface area contributed by atoms with Crippen molar-refractivity contribution in [1.82, 2.24) is 16.0 Å². The summed E-state index contributed by atoms with van der Waals surface area (Å²) in [6.07, 6.45) is 50.6. The van der Waals surface area contributed by atoms with Crippen molar-refractivity contribution in [3.63, 3.8) is 0 Å². The smallest absolute Gasteiger partial charge is 0.244 e. The van der Waals surface area contributed by atoms with Crippen LogP contribution in [0.15, 0.2) is 65.1 Å². The zero-order valence-electron chi connectivity index (χ0n) is 50.0. The SMILES string of the molecule is C=C(C=C(OC)C(C=NCCNC(=O)C(CNC(=O)CCCCCCCC=CCCCCCCCC)NC(=O)CCCCCCCC=CCCCCCCCC)=CC)OCCC(CC)(CC)OCCC(C)(CC)OC. The molecule has 0 saturated carbocycles. The summed E-state index contributed by atoms with van der Waals surface area (Å²) in [5, 5.41) is 8.77. The molecule has 434 valence electrons. The highest BCUT2D eigenvalue weighted by atomic mass is 16.5. The Morgan fingerprint density at radius 1 is 0.613 bits per heavy atom. The van der Waals surface area contributed by atoms with Gasteiger partial charge in [0.25, 0.3) is 0 Å². The summed E-state index contributed by atoms with van der Waals surface area (Å²) >= 11 is 0. The van der Waals surface area contributed by atoms with Crippen molar-refractivity contribution < 1.29 is 33.3 Å². The Morgan fingerprint density at radius 3 is 1.57 bits per heavy atom. The number of nitrogens with zero attached hydrogens (tertiary/aromatic N) is 1. The van der Waals surface area contributed by atoms with Crippen LogP contribution in [-0.4, -0.2) is 88.2 Å². The molecule has 0 aromatic carbocycles. The molecule has 0 aliphatic heterocycles. The van der Waals surface area contributed by atoms with Gasteiger partial charge in [0.2, 0.25) is 17.7 Å². The van der Waals surface area contributed by atoms with Gasteiger partial charge in [-0.05, 0) is 104 Å². The number of amides is 3. The molecule has 11 nitrogen and oxygen atoms in total. The van der Waals surface area contributed by atoms with Gasteiger partial charge in [0, 0.05) is 57.3 Å². The second kappa shape index (κ2) is 49.8. The van der Waals surface area contributed by atoms with Crippen LogP contribution in [0.3, 0.4) is 0 Å². The number of aliphatic imine (C=N–C) groups is 1. The van der Waals surface area contributed by atoms with E-state index in [4.69, 9.17) is 18.9 Å². The molecular weight excluding hydrogens is 937 g/mol. The normalized spacial score (nSPS) is 13.7. The van der Waals surface area contributed by atoms with Crippen molar-refractivity contribution in [3.8, 4) is 0 Å². The first-order valence-electron chi connectivity index (χ1n) is 30.5. The Morgan fingerprint density at radius 2 is 1.11 bits per heavy atom. The first-order chi connectivity index (χ1) is 36.4. The van der Waals surface area contributed by atoms with E-state index < -0.39 is 6.04 Å². The number of ether oxygens (including phenoxy) is 4. The van der Waals surface area contributed by atoms with Crippen molar-refractivity contribution in [2.24, 2.45) is 4.99 Å². The molecule has 0 aromatic rings. The molecular formula is C64H116N4O7. The lowest BCUT2D eigenvalue weighted by atomic mass is 9.93. The number of nitrogens with one attached hydrogen (secondary N) is 3. The molecule has 0 radical (unpaired) electrons. The average Bonchev–Trinajstić information content (AvgIpc) is 3.41. The van der Waals surface area contributed by atoms with Crippen molar-refractivity contribution in [3.05, 3.63) is 60.1 Å². The summed E-state index contributed by atoms with van der Waals surface area (Å²) in [6, 6.07) is -0.887. The van der Waals surface area contributed by atoms with Gasteiger partial charge >= 0.3 is 0 Å². The third kappa shape index (κ3) is 40.2. The molecule has 0 fully saturated rings. The number of hydrogen-bond donors (Lipinski definition) is 3. The number of carbonyl (C=O) groups excluding carboxylic acids is 3.